The summed E-state index contributed by atoms with van der Waals surface area (Å²) in [6.07, 6.45) is 0.972. The van der Waals surface area contributed by atoms with Gasteiger partial charge in [0.1, 0.15) is 0 Å². The molecular weight excluding hydrogens is 401 g/mol. The summed E-state index contributed by atoms with van der Waals surface area (Å²) in [6.45, 7) is 2.03. The number of rotatable bonds is 4. The molecule has 1 amide bonds. The molecule has 0 fully saturated rings. The van der Waals surface area contributed by atoms with E-state index < -0.39 is 0 Å². The molecule has 1 N–H and O–H groups in total. The van der Waals surface area contributed by atoms with Crippen LogP contribution in [0, 0.1) is 0 Å². The number of hydrogen-bond acceptors (Lipinski definition) is 4. The Bertz CT molecular complexity index is 989. The summed E-state index contributed by atoms with van der Waals surface area (Å²) in [6, 6.07) is 13.7. The Morgan fingerprint density at radius 3 is 2.81 bits per heavy atom. The average Bonchev–Trinajstić information content (AvgIpc) is 3.09. The van der Waals surface area contributed by atoms with E-state index in [1.54, 1.807) is 12.1 Å². The standard InChI is InChI=1S/C20H17Cl2N3OS/c21-15-5-6-16(17(22)9-15)18-12-27-20(23-18)24-19(26)11-25-8-7-13-3-1-2-4-14(13)10-25/h1-6,9,12H,7-8,10-11H2,(H,23,24,26). The molecule has 1 aliphatic heterocycles. The first-order valence-electron chi connectivity index (χ1n) is 8.58. The lowest BCUT2D eigenvalue weighted by atomic mass is 10.00. The molecule has 138 valence electrons. The van der Waals surface area contributed by atoms with Crippen LogP contribution in [0.3, 0.4) is 0 Å². The Hall–Kier alpha value is -1.92. The Morgan fingerprint density at radius 2 is 2.00 bits per heavy atom. The fourth-order valence-corrected chi connectivity index (χ4v) is 4.44. The molecule has 0 spiro atoms. The molecule has 0 bridgehead atoms. The molecule has 3 aromatic rings. The van der Waals surface area contributed by atoms with Crippen molar-refractivity contribution in [2.45, 2.75) is 13.0 Å². The number of amides is 1. The molecule has 2 heterocycles. The van der Waals surface area contributed by atoms with Gasteiger partial charge in [0.2, 0.25) is 5.91 Å². The normalized spacial score (nSPS) is 14.0. The second kappa shape index (κ2) is 7.98. The summed E-state index contributed by atoms with van der Waals surface area (Å²) in [4.78, 5) is 19.1. The van der Waals surface area contributed by atoms with E-state index in [0.29, 0.717) is 21.7 Å². The molecule has 0 unspecified atom stereocenters. The minimum Gasteiger partial charge on any atom is -0.301 e. The highest BCUT2D eigenvalue weighted by Crippen LogP contribution is 2.32. The van der Waals surface area contributed by atoms with Crippen molar-refractivity contribution in [2.75, 3.05) is 18.4 Å². The second-order valence-electron chi connectivity index (χ2n) is 6.44. The van der Waals surface area contributed by atoms with Gasteiger partial charge in [-0.3, -0.25) is 9.69 Å². The molecule has 0 saturated heterocycles. The minimum atomic E-state index is -0.0579. The number of hydrogen-bond donors (Lipinski definition) is 1. The number of nitrogens with one attached hydrogen (secondary N) is 1. The number of carbonyl (C=O) groups is 1. The van der Waals surface area contributed by atoms with Crippen LogP contribution in [0.4, 0.5) is 5.13 Å². The van der Waals surface area contributed by atoms with Crippen molar-refractivity contribution >= 4 is 45.6 Å². The van der Waals surface area contributed by atoms with Crippen LogP contribution >= 0.6 is 34.5 Å². The van der Waals surface area contributed by atoms with Crippen molar-refractivity contribution in [2.24, 2.45) is 0 Å². The van der Waals surface area contributed by atoms with Gasteiger partial charge in [0, 0.05) is 29.1 Å². The first-order valence-corrected chi connectivity index (χ1v) is 10.2. The van der Waals surface area contributed by atoms with Gasteiger partial charge in [0.15, 0.2) is 5.13 Å². The van der Waals surface area contributed by atoms with E-state index in [0.717, 1.165) is 30.8 Å². The molecule has 7 heteroatoms. The molecule has 0 aliphatic carbocycles. The van der Waals surface area contributed by atoms with E-state index in [1.165, 1.54) is 22.5 Å². The Labute approximate surface area is 171 Å². The monoisotopic (exact) mass is 417 g/mol. The molecule has 4 rings (SSSR count). The number of benzene rings is 2. The van der Waals surface area contributed by atoms with Gasteiger partial charge in [-0.05, 0) is 35.7 Å². The van der Waals surface area contributed by atoms with E-state index in [4.69, 9.17) is 23.2 Å². The van der Waals surface area contributed by atoms with E-state index in [-0.39, 0.29) is 5.91 Å². The number of anilines is 1. The fourth-order valence-electron chi connectivity index (χ4n) is 3.20. The average molecular weight is 418 g/mol. The molecule has 2 aromatic carbocycles. The fraction of sp³-hybridized carbons (Fsp3) is 0.200. The molecule has 27 heavy (non-hydrogen) atoms. The van der Waals surface area contributed by atoms with Gasteiger partial charge in [-0.1, -0.05) is 47.5 Å². The van der Waals surface area contributed by atoms with Gasteiger partial charge in [-0.15, -0.1) is 11.3 Å². The van der Waals surface area contributed by atoms with Gasteiger partial charge >= 0.3 is 0 Å². The van der Waals surface area contributed by atoms with E-state index in [1.807, 2.05) is 17.5 Å². The first-order chi connectivity index (χ1) is 13.1. The number of halogens is 2. The van der Waals surface area contributed by atoms with Gasteiger partial charge in [-0.2, -0.15) is 0 Å². The van der Waals surface area contributed by atoms with Crippen molar-refractivity contribution in [1.29, 1.82) is 0 Å². The smallest absolute Gasteiger partial charge is 0.240 e. The predicted molar refractivity (Wildman–Crippen MR) is 112 cm³/mol. The summed E-state index contributed by atoms with van der Waals surface area (Å²) in [5, 5.41) is 6.46. The van der Waals surface area contributed by atoms with Crippen molar-refractivity contribution in [3.05, 3.63) is 69.0 Å². The summed E-state index contributed by atoms with van der Waals surface area (Å²) >= 11 is 13.6. The largest absolute Gasteiger partial charge is 0.301 e. The zero-order chi connectivity index (χ0) is 18.8. The minimum absolute atomic E-state index is 0.0579. The Kier molecular flexibility index (Phi) is 5.45. The van der Waals surface area contributed by atoms with Gasteiger partial charge < -0.3 is 5.32 Å². The van der Waals surface area contributed by atoms with Crippen LogP contribution in [0.15, 0.2) is 47.8 Å². The maximum absolute atomic E-state index is 12.4. The van der Waals surface area contributed by atoms with Crippen LogP contribution in [0.2, 0.25) is 10.0 Å². The molecule has 0 atom stereocenters. The number of carbonyl (C=O) groups excluding carboxylic acids is 1. The number of fused-ring (bicyclic) bond motifs is 1. The third-order valence-corrected chi connectivity index (χ3v) is 5.84. The SMILES string of the molecule is O=C(CN1CCc2ccccc2C1)Nc1nc(-c2ccc(Cl)cc2Cl)cs1. The molecule has 0 radical (unpaired) electrons. The Morgan fingerprint density at radius 1 is 1.19 bits per heavy atom. The van der Waals surface area contributed by atoms with Crippen LogP contribution in [0.1, 0.15) is 11.1 Å². The van der Waals surface area contributed by atoms with Crippen LogP contribution in [0.25, 0.3) is 11.3 Å². The number of thiazole rings is 1. The lowest BCUT2D eigenvalue weighted by Crippen LogP contribution is -2.37. The van der Waals surface area contributed by atoms with E-state index in [9.17, 15) is 4.79 Å². The van der Waals surface area contributed by atoms with Crippen LogP contribution in [-0.4, -0.2) is 28.9 Å². The van der Waals surface area contributed by atoms with Crippen molar-refractivity contribution in [3.8, 4) is 11.3 Å². The lowest BCUT2D eigenvalue weighted by Gasteiger charge is -2.27. The maximum atomic E-state index is 12.4. The number of nitrogens with zero attached hydrogens (tertiary/aromatic N) is 2. The third kappa shape index (κ3) is 4.33. The van der Waals surface area contributed by atoms with Crippen molar-refractivity contribution in [3.63, 3.8) is 0 Å². The zero-order valence-corrected chi connectivity index (χ0v) is 16.7. The van der Waals surface area contributed by atoms with Gasteiger partial charge in [0.25, 0.3) is 0 Å². The van der Waals surface area contributed by atoms with E-state index >= 15 is 0 Å². The summed E-state index contributed by atoms with van der Waals surface area (Å²) in [7, 11) is 0. The lowest BCUT2D eigenvalue weighted by molar-refractivity contribution is -0.117. The molecule has 1 aliphatic rings. The highest BCUT2D eigenvalue weighted by Gasteiger charge is 2.19. The summed E-state index contributed by atoms with van der Waals surface area (Å²) in [5.41, 5.74) is 4.19. The van der Waals surface area contributed by atoms with Crippen molar-refractivity contribution < 1.29 is 4.79 Å². The van der Waals surface area contributed by atoms with E-state index in [2.05, 4.69) is 33.4 Å². The highest BCUT2D eigenvalue weighted by atomic mass is 35.5. The molecule has 0 saturated carbocycles. The highest BCUT2D eigenvalue weighted by molar-refractivity contribution is 7.14. The van der Waals surface area contributed by atoms with Gasteiger partial charge in [-0.25, -0.2) is 4.98 Å². The second-order valence-corrected chi connectivity index (χ2v) is 8.14. The predicted octanol–water partition coefficient (Wildman–Crippen LogP) is 5.11. The van der Waals surface area contributed by atoms with Crippen LogP contribution in [0.5, 0.6) is 0 Å². The molecule has 1 aromatic heterocycles. The summed E-state index contributed by atoms with van der Waals surface area (Å²) in [5.74, 6) is -0.0579. The van der Waals surface area contributed by atoms with Crippen LogP contribution in [-0.2, 0) is 17.8 Å². The zero-order valence-electron chi connectivity index (χ0n) is 14.4. The molecular formula is C20H17Cl2N3OS. The van der Waals surface area contributed by atoms with Gasteiger partial charge in [0.05, 0.1) is 17.3 Å². The maximum Gasteiger partial charge on any atom is 0.240 e. The third-order valence-electron chi connectivity index (χ3n) is 4.53. The Balaban J connectivity index is 1.39. The number of aromatic nitrogens is 1. The quantitative estimate of drug-likeness (QED) is 0.640. The molecule has 4 nitrogen and oxygen atoms in total. The summed E-state index contributed by atoms with van der Waals surface area (Å²) < 4.78 is 0. The first kappa shape index (κ1) is 18.4. The van der Waals surface area contributed by atoms with Crippen LogP contribution < -0.4 is 5.32 Å². The topological polar surface area (TPSA) is 45.2 Å². The van der Waals surface area contributed by atoms with Crippen molar-refractivity contribution in [1.82, 2.24) is 9.88 Å².